The van der Waals surface area contributed by atoms with E-state index in [0.29, 0.717) is 54.3 Å². The second kappa shape index (κ2) is 9.00. The minimum absolute atomic E-state index is 0.155. The molecule has 8 nitrogen and oxygen atoms in total. The van der Waals surface area contributed by atoms with E-state index in [9.17, 15) is 14.4 Å². The van der Waals surface area contributed by atoms with Gasteiger partial charge in [0, 0.05) is 45.3 Å². The van der Waals surface area contributed by atoms with Gasteiger partial charge in [-0.25, -0.2) is 4.98 Å². The standard InChI is InChI=1S/C23H24ClN5O3/c1-3-20(30)29-12-10-28(11-13-29)18-9-8-15(14-16(18)24)25-22(31)21-23(32)27(2)19-7-5-4-6-17(19)26-21/h4-9,14H,3,10-13H2,1-2H3,(H,25,31). The van der Waals surface area contributed by atoms with Crippen molar-refractivity contribution in [3.8, 4) is 0 Å². The number of amides is 2. The molecule has 4 rings (SSSR count). The number of nitrogens with one attached hydrogen (secondary N) is 1. The van der Waals surface area contributed by atoms with Crippen LogP contribution in [0.1, 0.15) is 23.8 Å². The van der Waals surface area contributed by atoms with Gasteiger partial charge in [0.15, 0.2) is 5.69 Å². The summed E-state index contributed by atoms with van der Waals surface area (Å²) >= 11 is 6.50. The lowest BCUT2D eigenvalue weighted by atomic mass is 10.2. The monoisotopic (exact) mass is 453 g/mol. The lowest BCUT2D eigenvalue weighted by molar-refractivity contribution is -0.131. The quantitative estimate of drug-likeness (QED) is 0.656. The summed E-state index contributed by atoms with van der Waals surface area (Å²) in [6, 6.07) is 12.4. The average molecular weight is 454 g/mol. The fourth-order valence-electron chi connectivity index (χ4n) is 3.88. The number of halogens is 1. The summed E-state index contributed by atoms with van der Waals surface area (Å²) in [4.78, 5) is 45.5. The zero-order chi connectivity index (χ0) is 22.8. The van der Waals surface area contributed by atoms with Crippen LogP contribution in [0.4, 0.5) is 11.4 Å². The number of anilines is 2. The number of hydrogen-bond donors (Lipinski definition) is 1. The molecule has 1 aromatic heterocycles. The molecule has 2 aromatic carbocycles. The van der Waals surface area contributed by atoms with Gasteiger partial charge >= 0.3 is 0 Å². The molecule has 1 saturated heterocycles. The Morgan fingerprint density at radius 1 is 1.09 bits per heavy atom. The Labute approximate surface area is 190 Å². The lowest BCUT2D eigenvalue weighted by Crippen LogP contribution is -2.48. The summed E-state index contributed by atoms with van der Waals surface area (Å²) in [6.45, 7) is 4.54. The molecule has 3 aromatic rings. The van der Waals surface area contributed by atoms with E-state index in [1.54, 1.807) is 37.4 Å². The third kappa shape index (κ3) is 4.18. The maximum absolute atomic E-state index is 12.8. The molecule has 0 bridgehead atoms. The molecule has 1 fully saturated rings. The highest BCUT2D eigenvalue weighted by Gasteiger charge is 2.22. The first-order valence-corrected chi connectivity index (χ1v) is 10.9. The van der Waals surface area contributed by atoms with Gasteiger partial charge in [0.1, 0.15) is 0 Å². The molecule has 1 N–H and O–H groups in total. The zero-order valence-electron chi connectivity index (χ0n) is 18.0. The van der Waals surface area contributed by atoms with Crippen LogP contribution < -0.4 is 15.8 Å². The number of rotatable bonds is 4. The van der Waals surface area contributed by atoms with Crippen LogP contribution in [0.3, 0.4) is 0 Å². The van der Waals surface area contributed by atoms with Crippen molar-refractivity contribution in [2.45, 2.75) is 13.3 Å². The van der Waals surface area contributed by atoms with Crippen molar-refractivity contribution in [2.75, 3.05) is 36.4 Å². The van der Waals surface area contributed by atoms with Crippen molar-refractivity contribution in [3.63, 3.8) is 0 Å². The highest BCUT2D eigenvalue weighted by Crippen LogP contribution is 2.30. The fraction of sp³-hybridized carbons (Fsp3) is 0.304. The first kappa shape index (κ1) is 21.8. The Hall–Kier alpha value is -3.39. The highest BCUT2D eigenvalue weighted by molar-refractivity contribution is 6.33. The number of para-hydroxylation sites is 2. The number of benzene rings is 2. The van der Waals surface area contributed by atoms with Gasteiger partial charge in [-0.15, -0.1) is 0 Å². The fourth-order valence-corrected chi connectivity index (χ4v) is 4.18. The number of fused-ring (bicyclic) bond motifs is 1. The summed E-state index contributed by atoms with van der Waals surface area (Å²) in [5.74, 6) is -0.436. The van der Waals surface area contributed by atoms with Crippen molar-refractivity contribution < 1.29 is 9.59 Å². The lowest BCUT2D eigenvalue weighted by Gasteiger charge is -2.36. The predicted octanol–water partition coefficient (Wildman–Crippen LogP) is 2.90. The van der Waals surface area contributed by atoms with Crippen LogP contribution in [0.2, 0.25) is 5.02 Å². The second-order valence-electron chi connectivity index (χ2n) is 7.65. The van der Waals surface area contributed by atoms with E-state index >= 15 is 0 Å². The topological polar surface area (TPSA) is 87.5 Å². The van der Waals surface area contributed by atoms with E-state index in [-0.39, 0.29) is 11.6 Å². The van der Waals surface area contributed by atoms with E-state index in [1.165, 1.54) is 4.57 Å². The molecule has 166 valence electrons. The van der Waals surface area contributed by atoms with Gasteiger partial charge in [-0.2, -0.15) is 0 Å². The van der Waals surface area contributed by atoms with E-state index in [0.717, 1.165) is 5.69 Å². The summed E-state index contributed by atoms with van der Waals surface area (Å²) in [6.07, 6.45) is 0.504. The van der Waals surface area contributed by atoms with Gasteiger partial charge in [-0.05, 0) is 30.3 Å². The van der Waals surface area contributed by atoms with Crippen molar-refractivity contribution in [1.29, 1.82) is 0 Å². The number of hydrogen-bond acceptors (Lipinski definition) is 5. The molecule has 0 unspecified atom stereocenters. The molecule has 0 aliphatic carbocycles. The Morgan fingerprint density at radius 3 is 2.50 bits per heavy atom. The summed E-state index contributed by atoms with van der Waals surface area (Å²) in [5, 5.41) is 3.20. The van der Waals surface area contributed by atoms with Crippen molar-refractivity contribution in [3.05, 3.63) is 63.5 Å². The summed E-state index contributed by atoms with van der Waals surface area (Å²) < 4.78 is 1.41. The normalized spacial score (nSPS) is 14.0. The number of aryl methyl sites for hydroxylation is 1. The van der Waals surface area contributed by atoms with Crippen LogP contribution in [0, 0.1) is 0 Å². The van der Waals surface area contributed by atoms with Crippen LogP contribution >= 0.6 is 11.6 Å². The molecule has 2 heterocycles. The molecule has 9 heteroatoms. The van der Waals surface area contributed by atoms with E-state index in [4.69, 9.17) is 11.6 Å². The largest absolute Gasteiger partial charge is 0.367 e. The molecule has 1 aliphatic rings. The van der Waals surface area contributed by atoms with Crippen LogP contribution in [0.15, 0.2) is 47.3 Å². The van der Waals surface area contributed by atoms with Crippen LogP contribution in [-0.4, -0.2) is 52.4 Å². The van der Waals surface area contributed by atoms with Crippen molar-refractivity contribution in [1.82, 2.24) is 14.5 Å². The van der Waals surface area contributed by atoms with Crippen LogP contribution in [0.5, 0.6) is 0 Å². The first-order chi connectivity index (χ1) is 15.4. The molecule has 0 radical (unpaired) electrons. The molecule has 0 spiro atoms. The maximum atomic E-state index is 12.8. The molecular formula is C23H24ClN5O3. The Morgan fingerprint density at radius 2 is 1.81 bits per heavy atom. The first-order valence-electron chi connectivity index (χ1n) is 10.5. The molecule has 32 heavy (non-hydrogen) atoms. The maximum Gasteiger partial charge on any atom is 0.282 e. The summed E-state index contributed by atoms with van der Waals surface area (Å²) in [7, 11) is 1.61. The van der Waals surface area contributed by atoms with Gasteiger partial charge in [0.25, 0.3) is 11.5 Å². The van der Waals surface area contributed by atoms with E-state index < -0.39 is 11.5 Å². The minimum Gasteiger partial charge on any atom is -0.367 e. The van der Waals surface area contributed by atoms with Gasteiger partial charge in [0.2, 0.25) is 5.91 Å². The molecule has 0 saturated carbocycles. The number of piperazine rings is 1. The van der Waals surface area contributed by atoms with Crippen LogP contribution in [-0.2, 0) is 11.8 Å². The second-order valence-corrected chi connectivity index (χ2v) is 8.06. The highest BCUT2D eigenvalue weighted by atomic mass is 35.5. The van der Waals surface area contributed by atoms with Gasteiger partial charge in [-0.3, -0.25) is 14.4 Å². The number of carbonyl (C=O) groups is 2. The zero-order valence-corrected chi connectivity index (χ0v) is 18.7. The summed E-state index contributed by atoms with van der Waals surface area (Å²) in [5.41, 5.74) is 1.89. The molecule has 1 aliphatic heterocycles. The van der Waals surface area contributed by atoms with Gasteiger partial charge in [0.05, 0.1) is 21.7 Å². The van der Waals surface area contributed by atoms with E-state index in [1.807, 2.05) is 24.0 Å². The van der Waals surface area contributed by atoms with Gasteiger partial charge in [-0.1, -0.05) is 30.7 Å². The smallest absolute Gasteiger partial charge is 0.282 e. The Kier molecular flexibility index (Phi) is 6.14. The van der Waals surface area contributed by atoms with Gasteiger partial charge < -0.3 is 19.7 Å². The van der Waals surface area contributed by atoms with Crippen molar-refractivity contribution in [2.24, 2.45) is 7.05 Å². The van der Waals surface area contributed by atoms with E-state index in [2.05, 4.69) is 15.2 Å². The average Bonchev–Trinajstić information content (AvgIpc) is 2.81. The number of aromatic nitrogens is 2. The number of carbonyl (C=O) groups excluding carboxylic acids is 2. The van der Waals surface area contributed by atoms with Crippen molar-refractivity contribution >= 4 is 45.8 Å². The Balaban J connectivity index is 1.50. The molecular weight excluding hydrogens is 430 g/mol. The number of nitrogens with zero attached hydrogens (tertiary/aromatic N) is 4. The third-order valence-corrected chi connectivity index (χ3v) is 5.98. The van der Waals surface area contributed by atoms with Crippen LogP contribution in [0.25, 0.3) is 11.0 Å². The predicted molar refractivity (Wildman–Crippen MR) is 125 cm³/mol. The minimum atomic E-state index is -0.591. The molecule has 0 atom stereocenters. The SMILES string of the molecule is CCC(=O)N1CCN(c2ccc(NC(=O)c3nc4ccccc4n(C)c3=O)cc2Cl)CC1. The third-order valence-electron chi connectivity index (χ3n) is 5.68. The molecule has 2 amide bonds. The Bertz CT molecular complexity index is 1250.